The summed E-state index contributed by atoms with van der Waals surface area (Å²) in [5.74, 6) is 0.105. The van der Waals surface area contributed by atoms with E-state index in [9.17, 15) is 4.79 Å². The van der Waals surface area contributed by atoms with Gasteiger partial charge in [-0.3, -0.25) is 4.79 Å². The molecule has 0 bridgehead atoms. The van der Waals surface area contributed by atoms with Crippen LogP contribution in [0.1, 0.15) is 25.7 Å². The van der Waals surface area contributed by atoms with Crippen LogP contribution in [-0.4, -0.2) is 37.1 Å². The number of fused-ring (bicyclic) bond motifs is 1. The maximum absolute atomic E-state index is 12.5. The van der Waals surface area contributed by atoms with Crippen LogP contribution in [0.15, 0.2) is 42.5 Å². The first-order chi connectivity index (χ1) is 10.6. The van der Waals surface area contributed by atoms with Gasteiger partial charge in [0.2, 0.25) is 0 Å². The number of carbonyl (C=O) groups is 1. The minimum atomic E-state index is 0.105. The standard InChI is InChI=1S/C19H24N2O/c1-21(2,16-10-4-5-11-16)14-19(22)20-18-13-7-9-15-8-3-6-12-17(15)18/h3,6-9,12-13,16H,4-5,10-11,14H2,1-2H3/p+1. The Kier molecular flexibility index (Phi) is 4.16. The first-order valence-corrected chi connectivity index (χ1v) is 8.16. The summed E-state index contributed by atoms with van der Waals surface area (Å²) < 4.78 is 0.788. The summed E-state index contributed by atoms with van der Waals surface area (Å²) in [4.78, 5) is 12.5. The van der Waals surface area contributed by atoms with E-state index in [4.69, 9.17) is 0 Å². The SMILES string of the molecule is C[N+](C)(CC(=O)Nc1cccc2ccccc12)C1CCCC1. The fourth-order valence-electron chi connectivity index (χ4n) is 3.63. The van der Waals surface area contributed by atoms with Gasteiger partial charge in [-0.15, -0.1) is 0 Å². The van der Waals surface area contributed by atoms with Crippen molar-refractivity contribution in [2.75, 3.05) is 26.0 Å². The monoisotopic (exact) mass is 297 g/mol. The van der Waals surface area contributed by atoms with E-state index in [0.29, 0.717) is 12.6 Å². The van der Waals surface area contributed by atoms with Crippen LogP contribution in [0.2, 0.25) is 0 Å². The van der Waals surface area contributed by atoms with E-state index in [0.717, 1.165) is 20.9 Å². The van der Waals surface area contributed by atoms with E-state index in [1.54, 1.807) is 0 Å². The number of hydrogen-bond acceptors (Lipinski definition) is 1. The predicted octanol–water partition coefficient (Wildman–Crippen LogP) is 3.80. The molecule has 1 saturated carbocycles. The molecule has 0 atom stereocenters. The first-order valence-electron chi connectivity index (χ1n) is 8.16. The van der Waals surface area contributed by atoms with E-state index in [2.05, 4.69) is 37.6 Å². The van der Waals surface area contributed by atoms with Gasteiger partial charge in [-0.2, -0.15) is 0 Å². The van der Waals surface area contributed by atoms with Gasteiger partial charge < -0.3 is 9.80 Å². The third-order valence-electron chi connectivity index (χ3n) is 4.93. The maximum Gasteiger partial charge on any atom is 0.279 e. The van der Waals surface area contributed by atoms with Crippen LogP contribution in [0.25, 0.3) is 10.8 Å². The molecular weight excluding hydrogens is 272 g/mol. The van der Waals surface area contributed by atoms with E-state index < -0.39 is 0 Å². The number of hydrogen-bond donors (Lipinski definition) is 1. The number of likely N-dealkylation sites (N-methyl/N-ethyl adjacent to an activating group) is 1. The average molecular weight is 297 g/mol. The van der Waals surface area contributed by atoms with Crippen molar-refractivity contribution in [2.45, 2.75) is 31.7 Å². The van der Waals surface area contributed by atoms with Crippen molar-refractivity contribution in [1.29, 1.82) is 0 Å². The van der Waals surface area contributed by atoms with Crippen molar-refractivity contribution in [2.24, 2.45) is 0 Å². The molecule has 0 spiro atoms. The highest BCUT2D eigenvalue weighted by Gasteiger charge is 2.33. The van der Waals surface area contributed by atoms with Gasteiger partial charge in [0, 0.05) is 11.1 Å². The molecule has 1 amide bonds. The Bertz CT molecular complexity index is 667. The van der Waals surface area contributed by atoms with Gasteiger partial charge in [0.25, 0.3) is 5.91 Å². The molecule has 0 aliphatic heterocycles. The Morgan fingerprint density at radius 1 is 1.09 bits per heavy atom. The Morgan fingerprint density at radius 3 is 2.55 bits per heavy atom. The lowest BCUT2D eigenvalue weighted by Gasteiger charge is -2.35. The van der Waals surface area contributed by atoms with Crippen molar-refractivity contribution >= 4 is 22.4 Å². The fourth-order valence-corrected chi connectivity index (χ4v) is 3.63. The van der Waals surface area contributed by atoms with Gasteiger partial charge >= 0.3 is 0 Å². The molecule has 1 aliphatic carbocycles. The van der Waals surface area contributed by atoms with E-state index in [1.807, 2.05) is 24.3 Å². The highest BCUT2D eigenvalue weighted by molar-refractivity contribution is 6.02. The van der Waals surface area contributed by atoms with Crippen molar-refractivity contribution in [3.8, 4) is 0 Å². The quantitative estimate of drug-likeness (QED) is 0.855. The van der Waals surface area contributed by atoms with Gasteiger partial charge in [0.15, 0.2) is 6.54 Å². The molecule has 3 rings (SSSR count). The number of benzene rings is 2. The molecule has 2 aromatic carbocycles. The molecule has 1 aliphatic rings. The number of quaternary nitrogens is 1. The van der Waals surface area contributed by atoms with Crippen molar-refractivity contribution in [3.63, 3.8) is 0 Å². The molecular formula is C19H25N2O+. The van der Waals surface area contributed by atoms with Gasteiger partial charge in [-0.05, 0) is 37.1 Å². The zero-order valence-electron chi connectivity index (χ0n) is 13.5. The molecule has 0 aromatic heterocycles. The Hall–Kier alpha value is -1.87. The molecule has 116 valence electrons. The molecule has 0 unspecified atom stereocenters. The Morgan fingerprint density at radius 2 is 1.77 bits per heavy atom. The Labute approximate surface area is 132 Å². The van der Waals surface area contributed by atoms with Gasteiger partial charge in [-0.25, -0.2) is 0 Å². The Balaban J connectivity index is 1.73. The summed E-state index contributed by atoms with van der Waals surface area (Å²) in [7, 11) is 4.36. The van der Waals surface area contributed by atoms with Gasteiger partial charge in [-0.1, -0.05) is 36.4 Å². The normalized spacial score (nSPS) is 16.1. The second-order valence-corrected chi connectivity index (χ2v) is 6.95. The maximum atomic E-state index is 12.5. The van der Waals surface area contributed by atoms with Crippen LogP contribution >= 0.6 is 0 Å². The van der Waals surface area contributed by atoms with Crippen molar-refractivity contribution in [3.05, 3.63) is 42.5 Å². The summed E-state index contributed by atoms with van der Waals surface area (Å²) in [6.07, 6.45) is 5.09. The lowest BCUT2D eigenvalue weighted by Crippen LogP contribution is -2.51. The molecule has 0 radical (unpaired) electrons. The van der Waals surface area contributed by atoms with Crippen molar-refractivity contribution < 1.29 is 9.28 Å². The summed E-state index contributed by atoms with van der Waals surface area (Å²) in [6.45, 7) is 0.536. The highest BCUT2D eigenvalue weighted by Crippen LogP contribution is 2.27. The lowest BCUT2D eigenvalue weighted by molar-refractivity contribution is -0.906. The smallest absolute Gasteiger partial charge is 0.279 e. The minimum absolute atomic E-state index is 0.105. The van der Waals surface area contributed by atoms with Gasteiger partial charge in [0.1, 0.15) is 0 Å². The second-order valence-electron chi connectivity index (χ2n) is 6.95. The summed E-state index contributed by atoms with van der Waals surface area (Å²) in [5.41, 5.74) is 0.912. The molecule has 22 heavy (non-hydrogen) atoms. The zero-order valence-corrected chi connectivity index (χ0v) is 13.5. The number of carbonyl (C=O) groups excluding carboxylic acids is 1. The molecule has 0 saturated heterocycles. The van der Waals surface area contributed by atoms with Gasteiger partial charge in [0.05, 0.1) is 20.1 Å². The third-order valence-corrected chi connectivity index (χ3v) is 4.93. The first kappa shape index (κ1) is 15.0. The summed E-state index contributed by atoms with van der Waals surface area (Å²) in [6, 6.07) is 14.8. The van der Waals surface area contributed by atoms with Crippen LogP contribution in [0.3, 0.4) is 0 Å². The summed E-state index contributed by atoms with van der Waals surface area (Å²) in [5, 5.41) is 5.37. The van der Waals surface area contributed by atoms with Crippen LogP contribution in [0, 0.1) is 0 Å². The highest BCUT2D eigenvalue weighted by atomic mass is 16.2. The van der Waals surface area contributed by atoms with E-state index in [-0.39, 0.29) is 5.91 Å². The molecule has 3 nitrogen and oxygen atoms in total. The number of rotatable bonds is 4. The minimum Gasteiger partial charge on any atom is -0.321 e. The number of anilines is 1. The van der Waals surface area contributed by atoms with Crippen LogP contribution in [-0.2, 0) is 4.79 Å². The lowest BCUT2D eigenvalue weighted by atomic mass is 10.1. The van der Waals surface area contributed by atoms with Crippen LogP contribution < -0.4 is 5.32 Å². The van der Waals surface area contributed by atoms with E-state index >= 15 is 0 Å². The zero-order chi connectivity index (χ0) is 15.6. The second kappa shape index (κ2) is 6.09. The summed E-state index contributed by atoms with van der Waals surface area (Å²) >= 11 is 0. The number of nitrogens with one attached hydrogen (secondary N) is 1. The molecule has 2 aromatic rings. The largest absolute Gasteiger partial charge is 0.321 e. The van der Waals surface area contributed by atoms with Crippen LogP contribution in [0.4, 0.5) is 5.69 Å². The molecule has 0 heterocycles. The van der Waals surface area contributed by atoms with E-state index in [1.165, 1.54) is 25.7 Å². The van der Waals surface area contributed by atoms with Crippen molar-refractivity contribution in [1.82, 2.24) is 0 Å². The predicted molar refractivity (Wildman–Crippen MR) is 91.8 cm³/mol. The van der Waals surface area contributed by atoms with Crippen LogP contribution in [0.5, 0.6) is 0 Å². The molecule has 1 fully saturated rings. The number of nitrogens with zero attached hydrogens (tertiary/aromatic N) is 1. The topological polar surface area (TPSA) is 29.1 Å². The number of amides is 1. The third kappa shape index (κ3) is 3.14. The molecule has 1 N–H and O–H groups in total. The fraction of sp³-hybridized carbons (Fsp3) is 0.421. The molecule has 3 heteroatoms. The average Bonchev–Trinajstić information content (AvgIpc) is 3.02.